The molecule has 3 rings (SSSR count). The predicted molar refractivity (Wildman–Crippen MR) is 66.0 cm³/mol. The molecular formula is C12H17ClN2O2. The van der Waals surface area contributed by atoms with Gasteiger partial charge in [-0.1, -0.05) is 0 Å². The van der Waals surface area contributed by atoms with E-state index in [1.54, 1.807) is 12.1 Å². The second-order valence-corrected chi connectivity index (χ2v) is 4.85. The van der Waals surface area contributed by atoms with Gasteiger partial charge in [-0.25, -0.2) is 0 Å². The van der Waals surface area contributed by atoms with Crippen LogP contribution in [0.4, 0.5) is 0 Å². The van der Waals surface area contributed by atoms with Crippen LogP contribution in [0.15, 0.2) is 22.8 Å². The van der Waals surface area contributed by atoms with Crippen LogP contribution in [0.1, 0.15) is 23.4 Å². The van der Waals surface area contributed by atoms with Crippen molar-refractivity contribution >= 4 is 18.3 Å². The number of nitrogens with two attached hydrogens (primary N) is 1. The number of furan rings is 1. The Kier molecular flexibility index (Phi) is 3.45. The lowest BCUT2D eigenvalue weighted by Crippen LogP contribution is -2.33. The van der Waals surface area contributed by atoms with Gasteiger partial charge < -0.3 is 15.1 Å². The molecule has 0 spiro atoms. The molecule has 1 aliphatic carbocycles. The molecule has 1 amide bonds. The molecule has 0 bridgehead atoms. The van der Waals surface area contributed by atoms with E-state index in [9.17, 15) is 4.79 Å². The number of carbonyl (C=O) groups is 1. The van der Waals surface area contributed by atoms with Gasteiger partial charge >= 0.3 is 0 Å². The largest absolute Gasteiger partial charge is 0.459 e. The van der Waals surface area contributed by atoms with Gasteiger partial charge in [-0.2, -0.15) is 0 Å². The second-order valence-electron chi connectivity index (χ2n) is 4.85. The summed E-state index contributed by atoms with van der Waals surface area (Å²) < 4.78 is 5.13. The Labute approximate surface area is 107 Å². The summed E-state index contributed by atoms with van der Waals surface area (Å²) in [5.41, 5.74) is 6.04. The van der Waals surface area contributed by atoms with E-state index in [4.69, 9.17) is 10.2 Å². The molecule has 1 aromatic rings. The Morgan fingerprint density at radius 2 is 2.24 bits per heavy atom. The number of halogens is 1. The number of hydrogen-bond acceptors (Lipinski definition) is 3. The summed E-state index contributed by atoms with van der Waals surface area (Å²) in [7, 11) is 0. The van der Waals surface area contributed by atoms with E-state index in [1.807, 2.05) is 4.90 Å². The second kappa shape index (κ2) is 4.70. The first-order valence-corrected chi connectivity index (χ1v) is 5.84. The smallest absolute Gasteiger partial charge is 0.289 e. The van der Waals surface area contributed by atoms with Crippen LogP contribution in [0.2, 0.25) is 0 Å². The number of likely N-dealkylation sites (tertiary alicyclic amines) is 1. The van der Waals surface area contributed by atoms with Gasteiger partial charge in [0.2, 0.25) is 0 Å². The number of amides is 1. The summed E-state index contributed by atoms with van der Waals surface area (Å²) in [5, 5.41) is 0. The quantitative estimate of drug-likeness (QED) is 0.829. The third kappa shape index (κ3) is 2.07. The van der Waals surface area contributed by atoms with E-state index in [2.05, 4.69) is 0 Å². The van der Waals surface area contributed by atoms with Crippen molar-refractivity contribution in [3.63, 3.8) is 0 Å². The minimum atomic E-state index is 0. The zero-order valence-electron chi connectivity index (χ0n) is 9.54. The standard InChI is InChI=1S/C12H16N2O2.ClH/c13-10-4-3-8-6-14(7-9(8)10)12(15)11-2-1-5-16-11;/h1-2,5,8-10H,3-4,6-7,13H2;1H. The lowest BCUT2D eigenvalue weighted by Gasteiger charge is -2.17. The average Bonchev–Trinajstić information content (AvgIpc) is 2.96. The van der Waals surface area contributed by atoms with Gasteiger partial charge in [-0.3, -0.25) is 4.79 Å². The molecule has 0 radical (unpaired) electrons. The SMILES string of the molecule is Cl.NC1CCC2CN(C(=O)c3ccco3)CC12. The highest BCUT2D eigenvalue weighted by Gasteiger charge is 2.42. The highest BCUT2D eigenvalue weighted by molar-refractivity contribution is 5.91. The van der Waals surface area contributed by atoms with E-state index in [-0.39, 0.29) is 24.4 Å². The third-order valence-electron chi connectivity index (χ3n) is 3.93. The van der Waals surface area contributed by atoms with Crippen molar-refractivity contribution in [2.45, 2.75) is 18.9 Å². The maximum absolute atomic E-state index is 12.0. The molecule has 1 aliphatic heterocycles. The zero-order valence-corrected chi connectivity index (χ0v) is 10.4. The Hall–Kier alpha value is -1.00. The van der Waals surface area contributed by atoms with Gasteiger partial charge in [0.25, 0.3) is 5.91 Å². The summed E-state index contributed by atoms with van der Waals surface area (Å²) in [6, 6.07) is 3.74. The zero-order chi connectivity index (χ0) is 11.1. The van der Waals surface area contributed by atoms with Crippen molar-refractivity contribution in [2.75, 3.05) is 13.1 Å². The van der Waals surface area contributed by atoms with Crippen LogP contribution in [-0.4, -0.2) is 29.9 Å². The molecule has 0 aromatic carbocycles. The van der Waals surface area contributed by atoms with Gasteiger partial charge in [0, 0.05) is 19.1 Å². The van der Waals surface area contributed by atoms with E-state index in [1.165, 1.54) is 6.26 Å². The van der Waals surface area contributed by atoms with Crippen molar-refractivity contribution < 1.29 is 9.21 Å². The van der Waals surface area contributed by atoms with Crippen molar-refractivity contribution in [3.8, 4) is 0 Å². The molecule has 94 valence electrons. The average molecular weight is 257 g/mol. The Balaban J connectivity index is 0.00000108. The van der Waals surface area contributed by atoms with E-state index < -0.39 is 0 Å². The molecule has 2 fully saturated rings. The Bertz CT molecular complexity index is 393. The number of hydrogen-bond donors (Lipinski definition) is 1. The summed E-state index contributed by atoms with van der Waals surface area (Å²) in [4.78, 5) is 13.9. The number of fused-ring (bicyclic) bond motifs is 1. The molecule has 1 saturated carbocycles. The molecule has 5 heteroatoms. The van der Waals surface area contributed by atoms with Crippen LogP contribution in [-0.2, 0) is 0 Å². The molecule has 17 heavy (non-hydrogen) atoms. The number of rotatable bonds is 1. The molecule has 1 aromatic heterocycles. The van der Waals surface area contributed by atoms with Crippen molar-refractivity contribution in [3.05, 3.63) is 24.2 Å². The summed E-state index contributed by atoms with van der Waals surface area (Å²) in [5.74, 6) is 1.55. The number of carbonyl (C=O) groups excluding carboxylic acids is 1. The van der Waals surface area contributed by atoms with Gasteiger partial charge in [0.1, 0.15) is 0 Å². The van der Waals surface area contributed by atoms with Crippen LogP contribution >= 0.6 is 12.4 Å². The molecule has 3 unspecified atom stereocenters. The lowest BCUT2D eigenvalue weighted by molar-refractivity contribution is 0.0748. The Morgan fingerprint density at radius 1 is 1.41 bits per heavy atom. The normalized spacial score (nSPS) is 31.1. The first kappa shape index (κ1) is 12.5. The van der Waals surface area contributed by atoms with Crippen LogP contribution in [0, 0.1) is 11.8 Å². The van der Waals surface area contributed by atoms with Crippen LogP contribution in [0.3, 0.4) is 0 Å². The molecular weight excluding hydrogens is 240 g/mol. The maximum Gasteiger partial charge on any atom is 0.289 e. The summed E-state index contributed by atoms with van der Waals surface area (Å²) in [6.45, 7) is 1.64. The highest BCUT2D eigenvalue weighted by atomic mass is 35.5. The van der Waals surface area contributed by atoms with Crippen molar-refractivity contribution in [2.24, 2.45) is 17.6 Å². The number of nitrogens with zero attached hydrogens (tertiary/aromatic N) is 1. The third-order valence-corrected chi connectivity index (χ3v) is 3.93. The predicted octanol–water partition coefficient (Wildman–Crippen LogP) is 1.51. The molecule has 2 aliphatic rings. The minimum absolute atomic E-state index is 0. The van der Waals surface area contributed by atoms with Gasteiger partial charge in [0.15, 0.2) is 5.76 Å². The maximum atomic E-state index is 12.0. The lowest BCUT2D eigenvalue weighted by atomic mass is 9.98. The van der Waals surface area contributed by atoms with Gasteiger partial charge in [0.05, 0.1) is 6.26 Å². The highest BCUT2D eigenvalue weighted by Crippen LogP contribution is 2.37. The molecule has 2 heterocycles. The van der Waals surface area contributed by atoms with Crippen LogP contribution in [0.25, 0.3) is 0 Å². The van der Waals surface area contributed by atoms with Crippen molar-refractivity contribution in [1.29, 1.82) is 0 Å². The molecule has 4 nitrogen and oxygen atoms in total. The Morgan fingerprint density at radius 3 is 2.88 bits per heavy atom. The fourth-order valence-corrected chi connectivity index (χ4v) is 3.03. The molecule has 3 atom stereocenters. The first-order valence-electron chi connectivity index (χ1n) is 5.84. The summed E-state index contributed by atoms with van der Waals surface area (Å²) in [6.07, 6.45) is 3.81. The van der Waals surface area contributed by atoms with Crippen molar-refractivity contribution in [1.82, 2.24) is 4.90 Å². The van der Waals surface area contributed by atoms with Crippen LogP contribution < -0.4 is 5.73 Å². The topological polar surface area (TPSA) is 59.5 Å². The fraction of sp³-hybridized carbons (Fsp3) is 0.583. The molecule has 2 N–H and O–H groups in total. The van der Waals surface area contributed by atoms with Crippen LogP contribution in [0.5, 0.6) is 0 Å². The monoisotopic (exact) mass is 256 g/mol. The van der Waals surface area contributed by atoms with Gasteiger partial charge in [-0.15, -0.1) is 12.4 Å². The van der Waals surface area contributed by atoms with Gasteiger partial charge in [-0.05, 0) is 36.8 Å². The summed E-state index contributed by atoms with van der Waals surface area (Å²) >= 11 is 0. The minimum Gasteiger partial charge on any atom is -0.459 e. The molecule has 1 saturated heterocycles. The van der Waals surface area contributed by atoms with E-state index in [0.717, 1.165) is 25.9 Å². The van der Waals surface area contributed by atoms with E-state index >= 15 is 0 Å². The fourth-order valence-electron chi connectivity index (χ4n) is 3.03. The van der Waals surface area contributed by atoms with E-state index in [0.29, 0.717) is 17.6 Å². The first-order chi connectivity index (χ1) is 7.75.